The third-order valence-corrected chi connectivity index (χ3v) is 3.75. The van der Waals surface area contributed by atoms with Crippen LogP contribution in [0.3, 0.4) is 0 Å². The average Bonchev–Trinajstić information content (AvgIpc) is 2.61. The molecule has 1 atom stereocenters. The number of carbonyl (C=O) groups excluding carboxylic acids is 1. The van der Waals surface area contributed by atoms with Gasteiger partial charge in [0.25, 0.3) is 0 Å². The largest absolute Gasteiger partial charge is 0.493 e. The molecule has 0 bridgehead atoms. The summed E-state index contributed by atoms with van der Waals surface area (Å²) in [6, 6.07) is 13.8. The smallest absolute Gasteiger partial charge is 0.339 e. The Hall–Kier alpha value is -2.73. The van der Waals surface area contributed by atoms with Crippen molar-refractivity contribution in [1.82, 2.24) is 5.06 Å². The molecule has 6 heteroatoms. The van der Waals surface area contributed by atoms with Gasteiger partial charge in [0.05, 0.1) is 19.8 Å². The minimum absolute atomic E-state index is 0.477. The number of amides is 2. The van der Waals surface area contributed by atoms with Gasteiger partial charge in [0.2, 0.25) is 0 Å². The summed E-state index contributed by atoms with van der Waals surface area (Å²) in [5, 5.41) is 10.1. The number of nitrogens with two attached hydrogens (primary N) is 1. The Morgan fingerprint density at radius 1 is 1.21 bits per heavy atom. The van der Waals surface area contributed by atoms with Gasteiger partial charge in [0.1, 0.15) is 0 Å². The Labute approximate surface area is 141 Å². The second-order valence-corrected chi connectivity index (χ2v) is 5.35. The fraction of sp³-hybridized carbons (Fsp3) is 0.278. The normalized spacial score (nSPS) is 11.6. The molecule has 0 aliphatic heterocycles. The molecule has 6 nitrogen and oxygen atoms in total. The van der Waals surface area contributed by atoms with Gasteiger partial charge in [-0.2, -0.15) is 5.06 Å². The summed E-state index contributed by atoms with van der Waals surface area (Å²) < 4.78 is 11.1. The van der Waals surface area contributed by atoms with Gasteiger partial charge in [0, 0.05) is 6.42 Å². The monoisotopic (exact) mass is 330 g/mol. The average molecular weight is 330 g/mol. The predicted molar refractivity (Wildman–Crippen MR) is 90.3 cm³/mol. The Kier molecular flexibility index (Phi) is 6.03. The second kappa shape index (κ2) is 8.21. The van der Waals surface area contributed by atoms with Crippen molar-refractivity contribution in [1.29, 1.82) is 0 Å². The first-order valence-corrected chi connectivity index (χ1v) is 7.65. The first-order valence-electron chi connectivity index (χ1n) is 7.65. The van der Waals surface area contributed by atoms with Crippen LogP contribution in [0.5, 0.6) is 11.5 Å². The van der Waals surface area contributed by atoms with Gasteiger partial charge >= 0.3 is 6.03 Å². The summed E-state index contributed by atoms with van der Waals surface area (Å²) >= 11 is 0. The van der Waals surface area contributed by atoms with Crippen LogP contribution in [0.4, 0.5) is 4.79 Å². The Morgan fingerprint density at radius 3 is 2.54 bits per heavy atom. The van der Waals surface area contributed by atoms with E-state index < -0.39 is 12.1 Å². The van der Waals surface area contributed by atoms with Gasteiger partial charge in [-0.3, -0.25) is 5.21 Å². The SMILES string of the molecule is COc1cc(C(C)N(O)C(N)=O)ccc1OCCc1ccccc1. The number of hydrogen-bond donors (Lipinski definition) is 2. The van der Waals surface area contributed by atoms with Crippen LogP contribution < -0.4 is 15.2 Å². The minimum Gasteiger partial charge on any atom is -0.493 e. The molecule has 128 valence electrons. The van der Waals surface area contributed by atoms with Crippen molar-refractivity contribution >= 4 is 6.03 Å². The van der Waals surface area contributed by atoms with Crippen LogP contribution in [0.25, 0.3) is 0 Å². The summed E-state index contributed by atoms with van der Waals surface area (Å²) in [4.78, 5) is 11.1. The van der Waals surface area contributed by atoms with E-state index in [-0.39, 0.29) is 0 Å². The number of benzene rings is 2. The zero-order valence-electron chi connectivity index (χ0n) is 13.8. The summed E-state index contributed by atoms with van der Waals surface area (Å²) in [6.45, 7) is 2.18. The van der Waals surface area contributed by atoms with Gasteiger partial charge < -0.3 is 15.2 Å². The Balaban J connectivity index is 2.04. The van der Waals surface area contributed by atoms with Crippen LogP contribution in [0.2, 0.25) is 0 Å². The number of rotatable bonds is 7. The van der Waals surface area contributed by atoms with E-state index >= 15 is 0 Å². The lowest BCUT2D eigenvalue weighted by Gasteiger charge is -2.22. The van der Waals surface area contributed by atoms with Gasteiger partial charge in [0.15, 0.2) is 11.5 Å². The molecular formula is C18H22N2O4. The molecule has 2 amide bonds. The van der Waals surface area contributed by atoms with E-state index in [9.17, 15) is 10.0 Å². The zero-order valence-corrected chi connectivity index (χ0v) is 13.8. The molecule has 0 saturated heterocycles. The number of methoxy groups -OCH3 is 1. The van der Waals surface area contributed by atoms with Crippen LogP contribution in [0.15, 0.2) is 48.5 Å². The first-order chi connectivity index (χ1) is 11.5. The number of carbonyl (C=O) groups is 1. The number of hydrogen-bond acceptors (Lipinski definition) is 4. The van der Waals surface area contributed by atoms with Crippen molar-refractivity contribution in [3.63, 3.8) is 0 Å². The summed E-state index contributed by atoms with van der Waals surface area (Å²) in [7, 11) is 1.54. The topological polar surface area (TPSA) is 85.0 Å². The quantitative estimate of drug-likeness (QED) is 0.603. The fourth-order valence-electron chi connectivity index (χ4n) is 2.32. The van der Waals surface area contributed by atoms with Crippen LogP contribution >= 0.6 is 0 Å². The molecule has 0 saturated carbocycles. The molecule has 1 unspecified atom stereocenters. The lowest BCUT2D eigenvalue weighted by atomic mass is 10.1. The lowest BCUT2D eigenvalue weighted by Crippen LogP contribution is -2.34. The number of hydroxylamine groups is 2. The molecule has 0 spiro atoms. The number of urea groups is 1. The van der Waals surface area contributed by atoms with Crippen LogP contribution in [0.1, 0.15) is 24.1 Å². The summed E-state index contributed by atoms with van der Waals surface area (Å²) in [5.74, 6) is 1.14. The highest BCUT2D eigenvalue weighted by Crippen LogP contribution is 2.31. The molecule has 2 rings (SSSR count). The number of nitrogens with zero attached hydrogens (tertiary/aromatic N) is 1. The highest BCUT2D eigenvalue weighted by atomic mass is 16.5. The van der Waals surface area contributed by atoms with Crippen molar-refractivity contribution in [2.24, 2.45) is 5.73 Å². The van der Waals surface area contributed by atoms with Crippen LogP contribution in [-0.2, 0) is 6.42 Å². The fourth-order valence-corrected chi connectivity index (χ4v) is 2.32. The van der Waals surface area contributed by atoms with Gasteiger partial charge in [-0.05, 0) is 30.2 Å². The van der Waals surface area contributed by atoms with E-state index in [0.717, 1.165) is 6.42 Å². The van der Waals surface area contributed by atoms with Crippen molar-refractivity contribution in [2.45, 2.75) is 19.4 Å². The highest BCUT2D eigenvalue weighted by molar-refractivity contribution is 5.71. The van der Waals surface area contributed by atoms with E-state index in [1.165, 1.54) is 5.56 Å². The van der Waals surface area contributed by atoms with E-state index in [0.29, 0.717) is 28.7 Å². The highest BCUT2D eigenvalue weighted by Gasteiger charge is 2.18. The van der Waals surface area contributed by atoms with E-state index in [1.54, 1.807) is 32.2 Å². The Morgan fingerprint density at radius 2 is 1.92 bits per heavy atom. The number of primary amides is 1. The minimum atomic E-state index is -0.912. The maximum Gasteiger partial charge on any atom is 0.339 e. The van der Waals surface area contributed by atoms with Gasteiger partial charge in [-0.15, -0.1) is 0 Å². The van der Waals surface area contributed by atoms with E-state index in [2.05, 4.69) is 0 Å². The van der Waals surface area contributed by atoms with Crippen molar-refractivity contribution in [3.8, 4) is 11.5 Å². The molecule has 3 N–H and O–H groups in total. The lowest BCUT2D eigenvalue weighted by molar-refractivity contribution is -0.0710. The second-order valence-electron chi connectivity index (χ2n) is 5.35. The van der Waals surface area contributed by atoms with Crippen LogP contribution in [0, 0.1) is 0 Å². The predicted octanol–water partition coefficient (Wildman–Crippen LogP) is 3.15. The molecule has 2 aromatic carbocycles. The molecule has 24 heavy (non-hydrogen) atoms. The first kappa shape index (κ1) is 17.6. The van der Waals surface area contributed by atoms with E-state index in [1.807, 2.05) is 30.3 Å². The van der Waals surface area contributed by atoms with Crippen LogP contribution in [-0.4, -0.2) is 30.0 Å². The van der Waals surface area contributed by atoms with Crippen molar-refractivity contribution in [3.05, 3.63) is 59.7 Å². The van der Waals surface area contributed by atoms with Gasteiger partial charge in [-0.1, -0.05) is 36.4 Å². The summed E-state index contributed by atoms with van der Waals surface area (Å²) in [6.07, 6.45) is 0.786. The molecular weight excluding hydrogens is 308 g/mol. The Bertz CT molecular complexity index is 676. The molecule has 0 radical (unpaired) electrons. The standard InChI is InChI=1S/C18H22N2O4/c1-13(20(22)18(19)21)15-8-9-16(17(12-15)23-2)24-11-10-14-6-4-3-5-7-14/h3-9,12-13,22H,10-11H2,1-2H3,(H2,19,21). The molecule has 0 aromatic heterocycles. The van der Waals surface area contributed by atoms with Crippen molar-refractivity contribution < 1.29 is 19.5 Å². The number of ether oxygens (including phenoxy) is 2. The maximum absolute atomic E-state index is 11.1. The van der Waals surface area contributed by atoms with Gasteiger partial charge in [-0.25, -0.2) is 4.79 Å². The zero-order chi connectivity index (χ0) is 17.5. The van der Waals surface area contributed by atoms with E-state index in [4.69, 9.17) is 15.2 Å². The maximum atomic E-state index is 11.1. The van der Waals surface area contributed by atoms with Crippen molar-refractivity contribution in [2.75, 3.05) is 13.7 Å². The third-order valence-electron chi connectivity index (χ3n) is 3.75. The molecule has 0 aliphatic rings. The molecule has 2 aromatic rings. The molecule has 0 heterocycles. The summed E-state index contributed by atoms with van der Waals surface area (Å²) in [5.41, 5.74) is 6.95. The third kappa shape index (κ3) is 4.39. The molecule has 0 fully saturated rings. The molecule has 0 aliphatic carbocycles.